The van der Waals surface area contributed by atoms with E-state index < -0.39 is 23.6 Å². The van der Waals surface area contributed by atoms with Crippen LogP contribution in [0.4, 0.5) is 19.3 Å². The van der Waals surface area contributed by atoms with Gasteiger partial charge in [-0.2, -0.15) is 0 Å². The van der Waals surface area contributed by atoms with Crippen molar-refractivity contribution in [2.45, 2.75) is 26.3 Å². The van der Waals surface area contributed by atoms with E-state index in [1.807, 2.05) is 0 Å². The first-order valence-electron chi connectivity index (χ1n) is 6.16. The molecule has 0 aliphatic carbocycles. The molecule has 0 saturated carbocycles. The molecule has 1 aromatic carbocycles. The van der Waals surface area contributed by atoms with E-state index in [-0.39, 0.29) is 29.2 Å². The molecule has 0 fully saturated rings. The van der Waals surface area contributed by atoms with Gasteiger partial charge in [-0.25, -0.2) is 13.6 Å². The second kappa shape index (κ2) is 7.35. The SMILES string of the molecule is CC(C)N(CCC(=O)O)C(=O)Nc1cc(Br)c(F)cc1F. The molecule has 2 amide bonds. The van der Waals surface area contributed by atoms with Gasteiger partial charge in [0.1, 0.15) is 11.6 Å². The summed E-state index contributed by atoms with van der Waals surface area (Å²) in [7, 11) is 0. The number of nitrogens with one attached hydrogen (secondary N) is 1. The van der Waals surface area contributed by atoms with E-state index >= 15 is 0 Å². The summed E-state index contributed by atoms with van der Waals surface area (Å²) in [5.41, 5.74) is -0.186. The number of halogens is 3. The Morgan fingerprint density at radius 3 is 2.48 bits per heavy atom. The summed E-state index contributed by atoms with van der Waals surface area (Å²) in [6.07, 6.45) is -0.221. The zero-order valence-electron chi connectivity index (χ0n) is 11.5. The summed E-state index contributed by atoms with van der Waals surface area (Å²) in [4.78, 5) is 23.9. The van der Waals surface area contributed by atoms with Crippen molar-refractivity contribution in [1.82, 2.24) is 4.90 Å². The lowest BCUT2D eigenvalue weighted by molar-refractivity contribution is -0.137. The van der Waals surface area contributed by atoms with Gasteiger partial charge in [0, 0.05) is 18.7 Å². The molecule has 0 unspecified atom stereocenters. The second-order valence-electron chi connectivity index (χ2n) is 4.61. The molecule has 0 aliphatic heterocycles. The zero-order valence-corrected chi connectivity index (χ0v) is 13.1. The zero-order chi connectivity index (χ0) is 16.2. The summed E-state index contributed by atoms with van der Waals surface area (Å²) < 4.78 is 26.7. The van der Waals surface area contributed by atoms with Crippen molar-refractivity contribution < 1.29 is 23.5 Å². The Labute approximate surface area is 129 Å². The topological polar surface area (TPSA) is 69.6 Å². The minimum Gasteiger partial charge on any atom is -0.481 e. The standard InChI is InChI=1S/C13H15BrF2N2O3/c1-7(2)18(4-3-12(19)20)13(21)17-11-5-8(14)9(15)6-10(11)16/h5-7H,3-4H2,1-2H3,(H,17,21)(H,19,20). The molecule has 1 rings (SSSR count). The number of carboxylic acids is 1. The van der Waals surface area contributed by atoms with Crippen LogP contribution in [0.25, 0.3) is 0 Å². The van der Waals surface area contributed by atoms with Crippen molar-refractivity contribution in [3.63, 3.8) is 0 Å². The minimum absolute atomic E-state index is 0.0111. The number of amides is 2. The first kappa shape index (κ1) is 17.4. The van der Waals surface area contributed by atoms with E-state index in [1.54, 1.807) is 13.8 Å². The fourth-order valence-corrected chi connectivity index (χ4v) is 1.96. The van der Waals surface area contributed by atoms with Crippen LogP contribution in [0, 0.1) is 11.6 Å². The van der Waals surface area contributed by atoms with E-state index in [9.17, 15) is 18.4 Å². The molecular formula is C13H15BrF2N2O3. The van der Waals surface area contributed by atoms with Crippen LogP contribution in [0.3, 0.4) is 0 Å². The molecule has 0 bridgehead atoms. The number of anilines is 1. The van der Waals surface area contributed by atoms with Crippen molar-refractivity contribution in [3.05, 3.63) is 28.2 Å². The van der Waals surface area contributed by atoms with Crippen molar-refractivity contribution in [2.24, 2.45) is 0 Å². The average Bonchev–Trinajstić information content (AvgIpc) is 2.35. The van der Waals surface area contributed by atoms with Crippen molar-refractivity contribution in [1.29, 1.82) is 0 Å². The maximum Gasteiger partial charge on any atom is 0.322 e. The van der Waals surface area contributed by atoms with E-state index in [0.29, 0.717) is 6.07 Å². The molecule has 0 saturated heterocycles. The number of carboxylic acid groups (broad SMARTS) is 1. The predicted molar refractivity (Wildman–Crippen MR) is 77.2 cm³/mol. The van der Waals surface area contributed by atoms with Gasteiger partial charge < -0.3 is 15.3 Å². The van der Waals surface area contributed by atoms with Crippen LogP contribution in [0.5, 0.6) is 0 Å². The summed E-state index contributed by atoms with van der Waals surface area (Å²) >= 11 is 2.90. The Kier molecular flexibility index (Phi) is 6.07. The highest BCUT2D eigenvalue weighted by Crippen LogP contribution is 2.24. The third-order valence-electron chi connectivity index (χ3n) is 2.70. The first-order chi connectivity index (χ1) is 9.72. The Hall–Kier alpha value is -1.70. The van der Waals surface area contributed by atoms with Gasteiger partial charge in [0.25, 0.3) is 0 Å². The van der Waals surface area contributed by atoms with Gasteiger partial charge in [0.05, 0.1) is 16.6 Å². The van der Waals surface area contributed by atoms with E-state index in [1.165, 1.54) is 4.90 Å². The maximum absolute atomic E-state index is 13.6. The van der Waals surface area contributed by atoms with E-state index in [2.05, 4.69) is 21.2 Å². The third kappa shape index (κ3) is 4.96. The highest BCUT2D eigenvalue weighted by molar-refractivity contribution is 9.10. The fraction of sp³-hybridized carbons (Fsp3) is 0.385. The van der Waals surface area contributed by atoms with Gasteiger partial charge >= 0.3 is 12.0 Å². The molecular weight excluding hydrogens is 350 g/mol. The summed E-state index contributed by atoms with van der Waals surface area (Å²) in [5, 5.41) is 11.0. The van der Waals surface area contributed by atoms with Gasteiger partial charge in [-0.15, -0.1) is 0 Å². The average molecular weight is 365 g/mol. The molecule has 0 aliphatic rings. The number of benzene rings is 1. The van der Waals surface area contributed by atoms with Crippen LogP contribution in [0.15, 0.2) is 16.6 Å². The summed E-state index contributed by atoms with van der Waals surface area (Å²) in [6, 6.07) is 0.842. The summed E-state index contributed by atoms with van der Waals surface area (Å²) in [5.74, 6) is -2.73. The number of rotatable bonds is 5. The Morgan fingerprint density at radius 2 is 1.95 bits per heavy atom. The molecule has 2 N–H and O–H groups in total. The van der Waals surface area contributed by atoms with Gasteiger partial charge in [-0.1, -0.05) is 0 Å². The lowest BCUT2D eigenvalue weighted by atomic mass is 10.2. The molecule has 5 nitrogen and oxygen atoms in total. The monoisotopic (exact) mass is 364 g/mol. The van der Waals surface area contributed by atoms with Crippen LogP contribution >= 0.6 is 15.9 Å². The normalized spacial score (nSPS) is 10.6. The van der Waals surface area contributed by atoms with Crippen LogP contribution in [0.1, 0.15) is 20.3 Å². The number of urea groups is 1. The quantitative estimate of drug-likeness (QED) is 0.786. The maximum atomic E-state index is 13.6. The second-order valence-corrected chi connectivity index (χ2v) is 5.46. The largest absolute Gasteiger partial charge is 0.481 e. The van der Waals surface area contributed by atoms with Gasteiger partial charge in [-0.05, 0) is 35.8 Å². The van der Waals surface area contributed by atoms with Gasteiger partial charge in [-0.3, -0.25) is 4.79 Å². The molecule has 0 aromatic heterocycles. The van der Waals surface area contributed by atoms with Crippen LogP contribution in [-0.2, 0) is 4.79 Å². The van der Waals surface area contributed by atoms with Crippen molar-refractivity contribution >= 4 is 33.6 Å². The number of aliphatic carboxylic acids is 1. The highest BCUT2D eigenvalue weighted by Gasteiger charge is 2.20. The van der Waals surface area contributed by atoms with Crippen LogP contribution < -0.4 is 5.32 Å². The minimum atomic E-state index is -1.04. The lowest BCUT2D eigenvalue weighted by Crippen LogP contribution is -2.41. The molecule has 1 aromatic rings. The van der Waals surface area contributed by atoms with Crippen LogP contribution in [0.2, 0.25) is 0 Å². The predicted octanol–water partition coefficient (Wildman–Crippen LogP) is 3.44. The Balaban J connectivity index is 2.86. The number of hydrogen-bond acceptors (Lipinski definition) is 2. The van der Waals surface area contributed by atoms with Crippen molar-refractivity contribution in [3.8, 4) is 0 Å². The summed E-state index contributed by atoms with van der Waals surface area (Å²) in [6.45, 7) is 3.40. The van der Waals surface area contributed by atoms with Gasteiger partial charge in [0.15, 0.2) is 0 Å². The molecule has 0 atom stereocenters. The van der Waals surface area contributed by atoms with E-state index in [0.717, 1.165) is 6.07 Å². The lowest BCUT2D eigenvalue weighted by Gasteiger charge is -2.26. The number of carbonyl (C=O) groups excluding carboxylic acids is 1. The molecule has 0 spiro atoms. The third-order valence-corrected chi connectivity index (χ3v) is 3.31. The molecule has 8 heteroatoms. The fourth-order valence-electron chi connectivity index (χ4n) is 1.62. The molecule has 0 heterocycles. The Morgan fingerprint density at radius 1 is 1.33 bits per heavy atom. The Bertz CT molecular complexity index is 552. The smallest absolute Gasteiger partial charge is 0.322 e. The first-order valence-corrected chi connectivity index (χ1v) is 6.95. The number of hydrogen-bond donors (Lipinski definition) is 2. The number of carbonyl (C=O) groups is 2. The number of nitrogens with zero attached hydrogens (tertiary/aromatic N) is 1. The molecule has 21 heavy (non-hydrogen) atoms. The van der Waals surface area contributed by atoms with Gasteiger partial charge in [0.2, 0.25) is 0 Å². The molecule has 0 radical (unpaired) electrons. The van der Waals surface area contributed by atoms with E-state index in [4.69, 9.17) is 5.11 Å². The highest BCUT2D eigenvalue weighted by atomic mass is 79.9. The molecule has 116 valence electrons. The van der Waals surface area contributed by atoms with Crippen LogP contribution in [-0.4, -0.2) is 34.6 Å². The van der Waals surface area contributed by atoms with Crippen molar-refractivity contribution in [2.75, 3.05) is 11.9 Å².